The average molecular weight is 840 g/mol. The molecule has 7 atom stereocenters. The molecule has 2 saturated heterocycles. The van der Waals surface area contributed by atoms with Gasteiger partial charge in [-0.25, -0.2) is 23.9 Å². The van der Waals surface area contributed by atoms with Gasteiger partial charge in [0, 0.05) is 47.3 Å². The molecule has 16 nitrogen and oxygen atoms in total. The van der Waals surface area contributed by atoms with E-state index in [4.69, 9.17) is 19.2 Å². The van der Waals surface area contributed by atoms with E-state index in [-0.39, 0.29) is 54.8 Å². The maximum atomic E-state index is 14.9. The fourth-order valence-corrected chi connectivity index (χ4v) is 9.20. The van der Waals surface area contributed by atoms with E-state index in [0.29, 0.717) is 24.6 Å². The van der Waals surface area contributed by atoms with Crippen LogP contribution < -0.4 is 25.9 Å². The third kappa shape index (κ3) is 7.85. The lowest BCUT2D eigenvalue weighted by Gasteiger charge is -2.30. The molecule has 4 amide bonds. The van der Waals surface area contributed by atoms with E-state index >= 15 is 0 Å². The summed E-state index contributed by atoms with van der Waals surface area (Å²) in [5, 5.41) is 7.43. The molecule has 0 spiro atoms. The first kappa shape index (κ1) is 41.6. The highest BCUT2D eigenvalue weighted by Crippen LogP contribution is 2.41. The lowest BCUT2D eigenvalue weighted by Crippen LogP contribution is -2.51. The summed E-state index contributed by atoms with van der Waals surface area (Å²) in [7, 11) is 2.52. The molecule has 6 heterocycles. The number of nitrogens with one attached hydrogen (secondary N) is 4. The summed E-state index contributed by atoms with van der Waals surface area (Å²) in [5.41, 5.74) is 4.54. The van der Waals surface area contributed by atoms with Gasteiger partial charge in [-0.05, 0) is 61.4 Å². The third-order valence-corrected chi connectivity index (χ3v) is 12.4. The van der Waals surface area contributed by atoms with E-state index in [1.807, 2.05) is 46.8 Å². The SMILES string of the molecule is COC(=O)NC(C(=O)N1CCCC1c1ncc(-c2ccc3c(c2)OC(C)n2c-3cc3c2=CCC(c2cnc(C4CC(F)CN4C(=O)C(NC(=O)OC)C(C)C)[nH]2)C=3)[nH]1)C(C)C. The number of alkyl carbamates (subject to hydrolysis) is 2. The minimum absolute atomic E-state index is 0.0339. The molecule has 8 rings (SSSR count). The highest BCUT2D eigenvalue weighted by atomic mass is 19.1. The zero-order chi connectivity index (χ0) is 43.3. The van der Waals surface area contributed by atoms with Crippen LogP contribution in [0.1, 0.15) is 102 Å². The minimum atomic E-state index is -1.22. The first-order valence-electron chi connectivity index (χ1n) is 21.0. The topological polar surface area (TPSA) is 189 Å². The van der Waals surface area contributed by atoms with Crippen molar-refractivity contribution in [2.45, 2.75) is 103 Å². The van der Waals surface area contributed by atoms with Crippen LogP contribution in [0.3, 0.4) is 0 Å². The van der Waals surface area contributed by atoms with Crippen LogP contribution in [0.5, 0.6) is 5.75 Å². The quantitative estimate of drug-likeness (QED) is 0.171. The number of benzene rings is 1. The number of methoxy groups -OCH3 is 2. The second-order valence-corrected chi connectivity index (χ2v) is 17.0. The van der Waals surface area contributed by atoms with Crippen LogP contribution in [0.15, 0.2) is 36.7 Å². The fourth-order valence-electron chi connectivity index (χ4n) is 9.20. The van der Waals surface area contributed by atoms with Gasteiger partial charge in [-0.2, -0.15) is 0 Å². The van der Waals surface area contributed by atoms with E-state index < -0.39 is 36.5 Å². The van der Waals surface area contributed by atoms with Gasteiger partial charge in [-0.3, -0.25) is 9.59 Å². The molecule has 17 heteroatoms. The monoisotopic (exact) mass is 839 g/mol. The Kier molecular flexibility index (Phi) is 11.4. The zero-order valence-electron chi connectivity index (χ0n) is 35.5. The molecule has 0 saturated carbocycles. The van der Waals surface area contributed by atoms with Gasteiger partial charge in [0.05, 0.1) is 50.4 Å². The summed E-state index contributed by atoms with van der Waals surface area (Å²) < 4.78 is 33.2. The molecule has 324 valence electrons. The molecular weight excluding hydrogens is 786 g/mol. The van der Waals surface area contributed by atoms with E-state index in [9.17, 15) is 23.6 Å². The number of aromatic amines is 2. The summed E-state index contributed by atoms with van der Waals surface area (Å²) in [6.45, 7) is 9.93. The molecule has 4 N–H and O–H groups in total. The molecule has 1 aliphatic carbocycles. The average Bonchev–Trinajstić information content (AvgIpc) is 4.10. The number of hydrogen-bond acceptors (Lipinski definition) is 9. The van der Waals surface area contributed by atoms with Crippen molar-refractivity contribution in [3.8, 4) is 28.3 Å². The molecule has 7 unspecified atom stereocenters. The van der Waals surface area contributed by atoms with Crippen molar-refractivity contribution in [1.82, 2.24) is 44.9 Å². The van der Waals surface area contributed by atoms with Crippen LogP contribution in [0.2, 0.25) is 0 Å². The number of rotatable bonds is 10. The van der Waals surface area contributed by atoms with E-state index in [1.165, 1.54) is 19.1 Å². The number of amides is 4. The van der Waals surface area contributed by atoms with Crippen LogP contribution in [0.4, 0.5) is 14.0 Å². The summed E-state index contributed by atoms with van der Waals surface area (Å²) in [6.07, 6.45) is 7.47. The van der Waals surface area contributed by atoms with Crippen molar-refractivity contribution in [3.05, 3.63) is 64.6 Å². The highest BCUT2D eigenvalue weighted by Gasteiger charge is 2.42. The molecule has 3 aromatic heterocycles. The van der Waals surface area contributed by atoms with Gasteiger partial charge >= 0.3 is 12.2 Å². The number of hydrogen-bond donors (Lipinski definition) is 4. The normalized spacial score (nSPS) is 22.6. The standard InChI is InChI=1S/C44H54FN9O7/c1-22(2)37(50-43(57)59-6)41(55)52-14-8-9-33(52)39-46-20-31(48-39)26-10-12-29-34-16-27-15-25(11-13-32(27)54(34)24(5)61-36(29)17-26)30-19-47-40(49-30)35-18-28(45)21-53(35)42(56)38(23(3)4)51-44(58)60-7/h10,12-13,15-17,19-20,22-25,28,33,35,37-38H,8-9,11,14,18,21H2,1-7H3,(H,46,48)(H,47,49)(H,50,57)(H,51,58). The summed E-state index contributed by atoms with van der Waals surface area (Å²) in [5.74, 6) is 1.00. The summed E-state index contributed by atoms with van der Waals surface area (Å²) in [6, 6.07) is 5.85. The van der Waals surface area contributed by atoms with Gasteiger partial charge in [0.2, 0.25) is 11.8 Å². The van der Waals surface area contributed by atoms with E-state index in [0.717, 1.165) is 57.4 Å². The molecular formula is C44H54FN9O7. The number of carbonyl (C=O) groups is 4. The van der Waals surface area contributed by atoms with Crippen LogP contribution in [-0.4, -0.2) is 104 Å². The number of halogens is 1. The van der Waals surface area contributed by atoms with Gasteiger partial charge in [-0.1, -0.05) is 45.9 Å². The second kappa shape index (κ2) is 16.7. The molecule has 1 aromatic carbocycles. The number of carbonyl (C=O) groups excluding carboxylic acids is 4. The Morgan fingerprint density at radius 1 is 0.902 bits per heavy atom. The predicted molar refractivity (Wildman–Crippen MR) is 223 cm³/mol. The maximum absolute atomic E-state index is 14.9. The number of fused-ring (bicyclic) bond motifs is 5. The largest absolute Gasteiger partial charge is 0.470 e. The Morgan fingerprint density at radius 3 is 2.26 bits per heavy atom. The van der Waals surface area contributed by atoms with Crippen LogP contribution >= 0.6 is 0 Å². The van der Waals surface area contributed by atoms with Gasteiger partial charge in [0.15, 0.2) is 6.23 Å². The van der Waals surface area contributed by atoms with Gasteiger partial charge < -0.3 is 49.2 Å². The number of nitrogens with zero attached hydrogens (tertiary/aromatic N) is 5. The van der Waals surface area contributed by atoms with Crippen LogP contribution in [0, 0.1) is 11.8 Å². The number of alkyl halides is 1. The van der Waals surface area contributed by atoms with Crippen molar-refractivity contribution >= 4 is 36.2 Å². The lowest BCUT2D eigenvalue weighted by atomic mass is 9.97. The number of ether oxygens (including phenoxy) is 3. The number of imidazole rings is 2. The van der Waals surface area contributed by atoms with E-state index in [1.54, 1.807) is 17.3 Å². The zero-order valence-corrected chi connectivity index (χ0v) is 35.5. The first-order valence-corrected chi connectivity index (χ1v) is 21.0. The van der Waals surface area contributed by atoms with Crippen molar-refractivity contribution < 1.29 is 37.8 Å². The van der Waals surface area contributed by atoms with Gasteiger partial charge in [0.25, 0.3) is 0 Å². The molecule has 4 aromatic rings. The van der Waals surface area contributed by atoms with Gasteiger partial charge in [0.1, 0.15) is 35.7 Å². The Morgan fingerprint density at radius 2 is 1.57 bits per heavy atom. The lowest BCUT2D eigenvalue weighted by molar-refractivity contribution is -0.136. The third-order valence-electron chi connectivity index (χ3n) is 12.4. The van der Waals surface area contributed by atoms with Crippen molar-refractivity contribution in [1.29, 1.82) is 0 Å². The highest BCUT2D eigenvalue weighted by molar-refractivity contribution is 5.87. The van der Waals surface area contributed by atoms with Crippen LogP contribution in [-0.2, 0) is 19.1 Å². The molecule has 61 heavy (non-hydrogen) atoms. The Hall–Kier alpha value is -6.13. The van der Waals surface area contributed by atoms with Crippen molar-refractivity contribution in [2.75, 3.05) is 27.3 Å². The Bertz CT molecular complexity index is 2460. The maximum Gasteiger partial charge on any atom is 0.407 e. The smallest absolute Gasteiger partial charge is 0.407 e. The summed E-state index contributed by atoms with van der Waals surface area (Å²) in [4.78, 5) is 70.9. The van der Waals surface area contributed by atoms with Crippen molar-refractivity contribution in [3.63, 3.8) is 0 Å². The molecule has 0 bridgehead atoms. The molecule has 4 aliphatic rings. The van der Waals surface area contributed by atoms with Gasteiger partial charge in [-0.15, -0.1) is 0 Å². The summed E-state index contributed by atoms with van der Waals surface area (Å²) >= 11 is 0. The second-order valence-electron chi connectivity index (χ2n) is 17.0. The minimum Gasteiger partial charge on any atom is -0.470 e. The van der Waals surface area contributed by atoms with E-state index in [2.05, 4.69) is 54.4 Å². The number of aromatic nitrogens is 5. The number of H-pyrrole nitrogens is 2. The molecule has 3 aliphatic heterocycles. The molecule has 0 radical (unpaired) electrons. The number of likely N-dealkylation sites (tertiary alicyclic amines) is 2. The fraction of sp³-hybridized carbons (Fsp3) is 0.500. The van der Waals surface area contributed by atoms with Crippen molar-refractivity contribution in [2.24, 2.45) is 11.8 Å². The van der Waals surface area contributed by atoms with Crippen LogP contribution in [0.25, 0.3) is 34.7 Å². The predicted octanol–water partition coefficient (Wildman–Crippen LogP) is 4.96. The first-order chi connectivity index (χ1) is 29.3. The Balaban J connectivity index is 1.01. The Labute approximate surface area is 352 Å². The molecule has 2 fully saturated rings.